The van der Waals surface area contributed by atoms with Crippen LogP contribution in [0.3, 0.4) is 0 Å². The largest absolute Gasteiger partial charge is 0.477 e. The van der Waals surface area contributed by atoms with Gasteiger partial charge in [-0.25, -0.2) is 14.2 Å². The highest BCUT2D eigenvalue weighted by Crippen LogP contribution is 2.19. The van der Waals surface area contributed by atoms with E-state index in [1.807, 2.05) is 6.92 Å². The van der Waals surface area contributed by atoms with Crippen molar-refractivity contribution in [2.75, 3.05) is 5.32 Å². The highest BCUT2D eigenvalue weighted by molar-refractivity contribution is 5.85. The molecule has 0 aliphatic rings. The minimum Gasteiger partial charge on any atom is -0.477 e. The molecule has 0 saturated carbocycles. The molecule has 1 aromatic heterocycles. The van der Waals surface area contributed by atoms with Crippen molar-refractivity contribution in [2.45, 2.75) is 13.0 Å². The Balaban J connectivity index is 2.08. The molecule has 2 rings (SSSR count). The van der Waals surface area contributed by atoms with Gasteiger partial charge in [-0.05, 0) is 36.8 Å². The summed E-state index contributed by atoms with van der Waals surface area (Å²) in [6, 6.07) is 9.26. The van der Waals surface area contributed by atoms with E-state index in [1.165, 1.54) is 24.4 Å². The number of aromatic nitrogens is 1. The number of anilines is 1. The zero-order valence-corrected chi connectivity index (χ0v) is 10.3. The van der Waals surface area contributed by atoms with Gasteiger partial charge in [0, 0.05) is 6.04 Å². The SMILES string of the molecule is C[C@H](Nc1ccc(C(=O)O)nc1)c1ccc(F)cc1. The highest BCUT2D eigenvalue weighted by atomic mass is 19.1. The number of carboxylic acid groups (broad SMARTS) is 1. The minimum absolute atomic E-state index is 0.0000137. The standard InChI is InChI=1S/C14H13FN2O2/c1-9(10-2-4-11(15)5-3-10)17-12-6-7-13(14(18)19)16-8-12/h2-9,17H,1H3,(H,18,19)/t9-/m0/s1. The quantitative estimate of drug-likeness (QED) is 0.886. The molecule has 0 saturated heterocycles. The van der Waals surface area contributed by atoms with Crippen LogP contribution in [-0.4, -0.2) is 16.1 Å². The first-order valence-electron chi connectivity index (χ1n) is 5.77. The second-order valence-corrected chi connectivity index (χ2v) is 4.15. The molecule has 0 amide bonds. The molecule has 0 fully saturated rings. The predicted octanol–water partition coefficient (Wildman–Crippen LogP) is 3.09. The van der Waals surface area contributed by atoms with Gasteiger partial charge in [0.2, 0.25) is 0 Å². The van der Waals surface area contributed by atoms with E-state index in [0.717, 1.165) is 5.56 Å². The first-order valence-corrected chi connectivity index (χ1v) is 5.77. The molecule has 2 N–H and O–H groups in total. The number of nitrogens with one attached hydrogen (secondary N) is 1. The fraction of sp³-hybridized carbons (Fsp3) is 0.143. The van der Waals surface area contributed by atoms with Crippen molar-refractivity contribution in [1.82, 2.24) is 4.98 Å². The molecule has 0 aliphatic carbocycles. The molecular formula is C14H13FN2O2. The summed E-state index contributed by atoms with van der Waals surface area (Å²) in [6.45, 7) is 1.93. The topological polar surface area (TPSA) is 62.2 Å². The van der Waals surface area contributed by atoms with Crippen LogP contribution in [0.5, 0.6) is 0 Å². The third kappa shape index (κ3) is 3.28. The van der Waals surface area contributed by atoms with Gasteiger partial charge in [0.25, 0.3) is 0 Å². The van der Waals surface area contributed by atoms with E-state index in [2.05, 4.69) is 10.3 Å². The van der Waals surface area contributed by atoms with Crippen molar-refractivity contribution in [3.8, 4) is 0 Å². The normalized spacial score (nSPS) is 11.9. The smallest absolute Gasteiger partial charge is 0.354 e. The average molecular weight is 260 g/mol. The average Bonchev–Trinajstić information content (AvgIpc) is 2.40. The van der Waals surface area contributed by atoms with Gasteiger partial charge in [0.15, 0.2) is 0 Å². The Hall–Kier alpha value is -2.43. The summed E-state index contributed by atoms with van der Waals surface area (Å²) in [6.07, 6.45) is 1.46. The van der Waals surface area contributed by atoms with Crippen molar-refractivity contribution < 1.29 is 14.3 Å². The summed E-state index contributed by atoms with van der Waals surface area (Å²) in [7, 11) is 0. The van der Waals surface area contributed by atoms with Crippen LogP contribution in [0.2, 0.25) is 0 Å². The monoisotopic (exact) mass is 260 g/mol. The molecule has 0 spiro atoms. The first kappa shape index (κ1) is 13.0. The lowest BCUT2D eigenvalue weighted by Gasteiger charge is -2.15. The lowest BCUT2D eigenvalue weighted by atomic mass is 10.1. The van der Waals surface area contributed by atoms with Gasteiger partial charge in [0.05, 0.1) is 11.9 Å². The van der Waals surface area contributed by atoms with E-state index in [-0.39, 0.29) is 17.6 Å². The number of carbonyl (C=O) groups is 1. The van der Waals surface area contributed by atoms with Crippen LogP contribution in [0.4, 0.5) is 10.1 Å². The maximum Gasteiger partial charge on any atom is 0.354 e. The molecule has 2 aromatic rings. The van der Waals surface area contributed by atoms with E-state index >= 15 is 0 Å². The summed E-state index contributed by atoms with van der Waals surface area (Å²) < 4.78 is 12.8. The molecule has 0 unspecified atom stereocenters. The molecule has 4 nitrogen and oxygen atoms in total. The molecule has 0 radical (unpaired) electrons. The van der Waals surface area contributed by atoms with E-state index in [0.29, 0.717) is 5.69 Å². The lowest BCUT2D eigenvalue weighted by molar-refractivity contribution is 0.0690. The third-order valence-electron chi connectivity index (χ3n) is 2.74. The first-order chi connectivity index (χ1) is 9.06. The minimum atomic E-state index is -1.06. The second kappa shape index (κ2) is 5.48. The number of benzene rings is 1. The Labute approximate surface area is 109 Å². The van der Waals surface area contributed by atoms with E-state index in [4.69, 9.17) is 5.11 Å². The molecule has 5 heteroatoms. The van der Waals surface area contributed by atoms with E-state index in [1.54, 1.807) is 18.2 Å². The lowest BCUT2D eigenvalue weighted by Crippen LogP contribution is -2.07. The Kier molecular flexibility index (Phi) is 3.75. The second-order valence-electron chi connectivity index (χ2n) is 4.15. The summed E-state index contributed by atoms with van der Waals surface area (Å²) in [5.74, 6) is -1.33. The highest BCUT2D eigenvalue weighted by Gasteiger charge is 2.07. The fourth-order valence-corrected chi connectivity index (χ4v) is 1.69. The maximum absolute atomic E-state index is 12.8. The molecule has 98 valence electrons. The Morgan fingerprint density at radius 2 is 1.95 bits per heavy atom. The van der Waals surface area contributed by atoms with E-state index < -0.39 is 5.97 Å². The Bertz CT molecular complexity index is 567. The van der Waals surface area contributed by atoms with Gasteiger partial charge >= 0.3 is 5.97 Å². The van der Waals surface area contributed by atoms with Crippen LogP contribution in [0.15, 0.2) is 42.6 Å². The molecule has 19 heavy (non-hydrogen) atoms. The van der Waals surface area contributed by atoms with Crippen LogP contribution >= 0.6 is 0 Å². The van der Waals surface area contributed by atoms with Crippen LogP contribution in [-0.2, 0) is 0 Å². The number of pyridine rings is 1. The maximum atomic E-state index is 12.8. The zero-order chi connectivity index (χ0) is 13.8. The van der Waals surface area contributed by atoms with Crippen molar-refractivity contribution in [2.24, 2.45) is 0 Å². The Morgan fingerprint density at radius 1 is 1.26 bits per heavy atom. The third-order valence-corrected chi connectivity index (χ3v) is 2.74. The predicted molar refractivity (Wildman–Crippen MR) is 69.6 cm³/mol. The summed E-state index contributed by atoms with van der Waals surface area (Å²) in [5.41, 5.74) is 1.64. The van der Waals surface area contributed by atoms with Crippen LogP contribution < -0.4 is 5.32 Å². The number of nitrogens with zero attached hydrogens (tertiary/aromatic N) is 1. The number of hydrogen-bond donors (Lipinski definition) is 2. The molecule has 0 aliphatic heterocycles. The van der Waals surface area contributed by atoms with Gasteiger partial charge in [-0.1, -0.05) is 12.1 Å². The molecule has 0 bridgehead atoms. The van der Waals surface area contributed by atoms with Crippen LogP contribution in [0, 0.1) is 5.82 Å². The van der Waals surface area contributed by atoms with Gasteiger partial charge in [0.1, 0.15) is 11.5 Å². The van der Waals surface area contributed by atoms with Gasteiger partial charge < -0.3 is 10.4 Å². The van der Waals surface area contributed by atoms with Crippen molar-refractivity contribution in [3.63, 3.8) is 0 Å². The van der Waals surface area contributed by atoms with Crippen LogP contribution in [0.1, 0.15) is 29.0 Å². The number of carboxylic acids is 1. The van der Waals surface area contributed by atoms with Gasteiger partial charge in [-0.15, -0.1) is 0 Å². The number of halogens is 1. The van der Waals surface area contributed by atoms with Crippen LogP contribution in [0.25, 0.3) is 0 Å². The number of aromatic carboxylic acids is 1. The van der Waals surface area contributed by atoms with Gasteiger partial charge in [-0.3, -0.25) is 0 Å². The molecule has 1 atom stereocenters. The van der Waals surface area contributed by atoms with Crippen molar-refractivity contribution in [1.29, 1.82) is 0 Å². The van der Waals surface area contributed by atoms with Gasteiger partial charge in [-0.2, -0.15) is 0 Å². The molecular weight excluding hydrogens is 247 g/mol. The Morgan fingerprint density at radius 3 is 2.47 bits per heavy atom. The van der Waals surface area contributed by atoms with E-state index in [9.17, 15) is 9.18 Å². The van der Waals surface area contributed by atoms with Crippen molar-refractivity contribution in [3.05, 3.63) is 59.7 Å². The number of hydrogen-bond acceptors (Lipinski definition) is 3. The molecule has 1 heterocycles. The van der Waals surface area contributed by atoms with Crippen molar-refractivity contribution >= 4 is 11.7 Å². The molecule has 1 aromatic carbocycles. The zero-order valence-electron chi connectivity index (χ0n) is 10.3. The summed E-state index contributed by atoms with van der Waals surface area (Å²) in [4.78, 5) is 14.5. The fourth-order valence-electron chi connectivity index (χ4n) is 1.69. The number of rotatable bonds is 4. The summed E-state index contributed by atoms with van der Waals surface area (Å²) in [5, 5.41) is 11.9. The summed E-state index contributed by atoms with van der Waals surface area (Å²) >= 11 is 0.